The lowest BCUT2D eigenvalue weighted by Crippen LogP contribution is -2.38. The van der Waals surface area contributed by atoms with Crippen molar-refractivity contribution in [1.82, 2.24) is 15.2 Å². The lowest BCUT2D eigenvalue weighted by molar-refractivity contribution is 0.336. The number of benzene rings is 1. The molecule has 0 unspecified atom stereocenters. The van der Waals surface area contributed by atoms with Gasteiger partial charge < -0.3 is 19.9 Å². The van der Waals surface area contributed by atoms with Gasteiger partial charge in [0.05, 0.1) is 18.2 Å². The molecule has 0 fully saturated rings. The number of halogens is 3. The smallest absolute Gasteiger partial charge is 0.191 e. The van der Waals surface area contributed by atoms with E-state index in [-0.39, 0.29) is 24.0 Å². The summed E-state index contributed by atoms with van der Waals surface area (Å²) in [5.74, 6) is 1.66. The Labute approximate surface area is 182 Å². The molecule has 0 bridgehead atoms. The summed E-state index contributed by atoms with van der Waals surface area (Å²) in [5.41, 5.74) is 2.16. The summed E-state index contributed by atoms with van der Waals surface area (Å²) in [5, 5.41) is 7.66. The Morgan fingerprint density at radius 1 is 1.23 bits per heavy atom. The molecule has 0 spiro atoms. The van der Waals surface area contributed by atoms with Gasteiger partial charge in [0.2, 0.25) is 0 Å². The van der Waals surface area contributed by atoms with Gasteiger partial charge in [0.15, 0.2) is 5.96 Å². The third-order valence-electron chi connectivity index (χ3n) is 3.84. The van der Waals surface area contributed by atoms with Crippen LogP contribution < -0.4 is 15.4 Å². The van der Waals surface area contributed by atoms with Crippen molar-refractivity contribution in [3.05, 3.63) is 51.8 Å². The van der Waals surface area contributed by atoms with E-state index in [2.05, 4.69) is 21.7 Å². The van der Waals surface area contributed by atoms with Gasteiger partial charge in [0.1, 0.15) is 10.9 Å². The van der Waals surface area contributed by atoms with E-state index in [1.165, 1.54) is 5.56 Å². The number of rotatable bonds is 7. The lowest BCUT2D eigenvalue weighted by atomic mass is 10.1. The minimum absolute atomic E-state index is 0. The molecule has 0 radical (unpaired) electrons. The second kappa shape index (κ2) is 11.6. The number of guanidine groups is 1. The van der Waals surface area contributed by atoms with Crippen LogP contribution >= 0.6 is 47.2 Å². The fourth-order valence-corrected chi connectivity index (χ4v) is 2.89. The van der Waals surface area contributed by atoms with E-state index in [9.17, 15) is 0 Å². The molecule has 2 N–H and O–H groups in total. The third kappa shape index (κ3) is 6.25. The quantitative estimate of drug-likeness (QED) is 0.332. The van der Waals surface area contributed by atoms with Crippen LogP contribution in [0.1, 0.15) is 18.2 Å². The maximum Gasteiger partial charge on any atom is 0.191 e. The van der Waals surface area contributed by atoms with Crippen LogP contribution in [0.2, 0.25) is 10.2 Å². The molecule has 5 nitrogen and oxygen atoms in total. The predicted octanol–water partition coefficient (Wildman–Crippen LogP) is 4.26. The van der Waals surface area contributed by atoms with Gasteiger partial charge in [-0.05, 0) is 31.0 Å². The molecule has 0 saturated heterocycles. The summed E-state index contributed by atoms with van der Waals surface area (Å²) in [4.78, 5) is 4.24. The van der Waals surface area contributed by atoms with Crippen molar-refractivity contribution in [3.8, 4) is 5.75 Å². The summed E-state index contributed by atoms with van der Waals surface area (Å²) < 4.78 is 7.50. The number of aliphatic imine (C=N–C) groups is 1. The molecule has 1 aromatic carbocycles. The average molecular weight is 511 g/mol. The van der Waals surface area contributed by atoms with E-state index in [0.717, 1.165) is 30.4 Å². The average Bonchev–Trinajstić information content (AvgIpc) is 2.86. The second-order valence-corrected chi connectivity index (χ2v) is 6.24. The van der Waals surface area contributed by atoms with Gasteiger partial charge in [-0.3, -0.25) is 4.99 Å². The molecule has 0 aliphatic rings. The van der Waals surface area contributed by atoms with Gasteiger partial charge in [-0.15, -0.1) is 24.0 Å². The van der Waals surface area contributed by atoms with Crippen LogP contribution in [0.3, 0.4) is 0 Å². The predicted molar refractivity (Wildman–Crippen MR) is 120 cm³/mol. The fraction of sp³-hybridized carbons (Fsp3) is 0.389. The molecule has 0 aliphatic carbocycles. The Balaban J connectivity index is 0.00000338. The molecule has 144 valence electrons. The molecule has 1 aromatic heterocycles. The number of ether oxygens (including phenoxy) is 1. The minimum Gasteiger partial charge on any atom is -0.494 e. The summed E-state index contributed by atoms with van der Waals surface area (Å²) >= 11 is 12.1. The standard InChI is InChI=1S/C18H24Cl2N4O.HI/c1-4-25-16-8-6-5-7-13(16)9-10-22-18(21-2)23-12-14-11-15(19)17(20)24(14)3;/h5-8,11H,4,9-10,12H2,1-3H3,(H2,21,22,23);1H. The van der Waals surface area contributed by atoms with Crippen molar-refractivity contribution in [1.29, 1.82) is 0 Å². The Morgan fingerprint density at radius 2 is 1.96 bits per heavy atom. The van der Waals surface area contributed by atoms with Gasteiger partial charge in [-0.2, -0.15) is 0 Å². The molecular formula is C18H25Cl2IN4O. The van der Waals surface area contributed by atoms with Crippen LogP contribution in [0.25, 0.3) is 0 Å². The Kier molecular flexibility index (Phi) is 10.2. The van der Waals surface area contributed by atoms with Crippen LogP contribution in [0.5, 0.6) is 5.75 Å². The van der Waals surface area contributed by atoms with E-state index in [1.807, 2.05) is 42.8 Å². The Morgan fingerprint density at radius 3 is 2.58 bits per heavy atom. The topological polar surface area (TPSA) is 50.6 Å². The zero-order valence-electron chi connectivity index (χ0n) is 15.2. The monoisotopic (exact) mass is 510 g/mol. The van der Waals surface area contributed by atoms with Crippen LogP contribution in [-0.2, 0) is 20.0 Å². The Bertz CT molecular complexity index is 734. The van der Waals surface area contributed by atoms with Crippen molar-refractivity contribution >= 4 is 53.1 Å². The highest BCUT2D eigenvalue weighted by Gasteiger charge is 2.09. The fourth-order valence-electron chi connectivity index (χ4n) is 2.48. The molecule has 2 rings (SSSR count). The van der Waals surface area contributed by atoms with Crippen LogP contribution in [0.4, 0.5) is 0 Å². The summed E-state index contributed by atoms with van der Waals surface area (Å²) in [7, 11) is 3.63. The number of para-hydroxylation sites is 1. The molecule has 0 saturated carbocycles. The van der Waals surface area contributed by atoms with E-state index < -0.39 is 0 Å². The van der Waals surface area contributed by atoms with Gasteiger partial charge in [0, 0.05) is 26.3 Å². The molecule has 2 aromatic rings. The van der Waals surface area contributed by atoms with E-state index >= 15 is 0 Å². The first-order chi connectivity index (χ1) is 12.1. The highest BCUT2D eigenvalue weighted by molar-refractivity contribution is 14.0. The summed E-state index contributed by atoms with van der Waals surface area (Å²) in [6.45, 7) is 3.98. The molecule has 1 heterocycles. The molecule has 26 heavy (non-hydrogen) atoms. The van der Waals surface area contributed by atoms with Crippen LogP contribution in [0.15, 0.2) is 35.3 Å². The van der Waals surface area contributed by atoms with E-state index in [1.54, 1.807) is 7.05 Å². The molecule has 8 heteroatoms. The first-order valence-corrected chi connectivity index (χ1v) is 8.97. The first-order valence-electron chi connectivity index (χ1n) is 8.21. The van der Waals surface area contributed by atoms with E-state index in [0.29, 0.717) is 23.3 Å². The summed E-state index contributed by atoms with van der Waals surface area (Å²) in [6.07, 6.45) is 0.846. The number of nitrogens with zero attached hydrogens (tertiary/aromatic N) is 2. The first kappa shape index (κ1) is 22.9. The van der Waals surface area contributed by atoms with Crippen LogP contribution in [-0.4, -0.2) is 30.7 Å². The SMILES string of the molecule is CCOc1ccccc1CCNC(=NC)NCc1cc(Cl)c(Cl)n1C.I. The van der Waals surface area contributed by atoms with E-state index in [4.69, 9.17) is 27.9 Å². The van der Waals surface area contributed by atoms with Gasteiger partial charge in [-0.1, -0.05) is 41.4 Å². The maximum absolute atomic E-state index is 6.09. The lowest BCUT2D eigenvalue weighted by Gasteiger charge is -2.14. The number of hydrogen-bond donors (Lipinski definition) is 2. The normalized spacial score (nSPS) is 11.0. The second-order valence-electron chi connectivity index (χ2n) is 5.48. The number of nitrogens with one attached hydrogen (secondary N) is 2. The Hall–Kier alpha value is -1.12. The van der Waals surface area contributed by atoms with Gasteiger partial charge in [-0.25, -0.2) is 0 Å². The van der Waals surface area contributed by atoms with Gasteiger partial charge in [0.25, 0.3) is 0 Å². The maximum atomic E-state index is 6.09. The van der Waals surface area contributed by atoms with Crippen LogP contribution in [0, 0.1) is 0 Å². The van der Waals surface area contributed by atoms with Crippen molar-refractivity contribution in [2.45, 2.75) is 19.9 Å². The highest BCUT2D eigenvalue weighted by atomic mass is 127. The zero-order chi connectivity index (χ0) is 18.2. The number of aromatic nitrogens is 1. The minimum atomic E-state index is 0. The summed E-state index contributed by atoms with van der Waals surface area (Å²) in [6, 6.07) is 9.93. The van der Waals surface area contributed by atoms with Crippen molar-refractivity contribution in [2.24, 2.45) is 12.0 Å². The van der Waals surface area contributed by atoms with Gasteiger partial charge >= 0.3 is 0 Å². The zero-order valence-corrected chi connectivity index (χ0v) is 19.0. The number of hydrogen-bond acceptors (Lipinski definition) is 2. The molecule has 0 atom stereocenters. The third-order valence-corrected chi connectivity index (χ3v) is 4.68. The largest absolute Gasteiger partial charge is 0.494 e. The molecule has 0 amide bonds. The van der Waals surface area contributed by atoms with Crippen molar-refractivity contribution in [2.75, 3.05) is 20.2 Å². The molecular weight excluding hydrogens is 486 g/mol. The molecule has 0 aliphatic heterocycles. The van der Waals surface area contributed by atoms with Crippen molar-refractivity contribution < 1.29 is 4.74 Å². The van der Waals surface area contributed by atoms with Crippen molar-refractivity contribution in [3.63, 3.8) is 0 Å². The highest BCUT2D eigenvalue weighted by Crippen LogP contribution is 2.24.